The van der Waals surface area contributed by atoms with Crippen molar-refractivity contribution in [3.05, 3.63) is 29.8 Å². The van der Waals surface area contributed by atoms with Crippen molar-refractivity contribution in [3.63, 3.8) is 0 Å². The quantitative estimate of drug-likeness (QED) is 0.857. The van der Waals surface area contributed by atoms with E-state index in [1.807, 2.05) is 6.92 Å². The zero-order valence-corrected chi connectivity index (χ0v) is 9.17. The van der Waals surface area contributed by atoms with Gasteiger partial charge < -0.3 is 10.1 Å². The molecular formula is C12H15F2NO. The Bertz CT molecular complexity index is 364. The minimum absolute atomic E-state index is 0.0822. The molecule has 1 heterocycles. The van der Waals surface area contributed by atoms with Crippen molar-refractivity contribution in [2.75, 3.05) is 18.5 Å². The number of hydrogen-bond donors (Lipinski definition) is 1. The summed E-state index contributed by atoms with van der Waals surface area (Å²) in [6, 6.07) is 3.51. The second kappa shape index (κ2) is 4.78. The topological polar surface area (TPSA) is 21.3 Å². The van der Waals surface area contributed by atoms with Crippen molar-refractivity contribution in [2.24, 2.45) is 5.92 Å². The second-order valence-corrected chi connectivity index (χ2v) is 4.18. The van der Waals surface area contributed by atoms with Crippen LogP contribution in [0.4, 0.5) is 14.5 Å². The summed E-state index contributed by atoms with van der Waals surface area (Å²) in [6.45, 7) is 3.40. The summed E-state index contributed by atoms with van der Waals surface area (Å²) < 4.78 is 31.6. The predicted molar refractivity (Wildman–Crippen MR) is 58.4 cm³/mol. The largest absolute Gasteiger partial charge is 0.381 e. The molecule has 1 aromatic rings. The standard InChI is InChI=1S/C12H15F2NO/c1-8(9-4-5-16-7-9)15-12-6-10(13)2-3-11(12)14/h2-3,6,8-9,15H,4-5,7H2,1H3. The van der Waals surface area contributed by atoms with Crippen molar-refractivity contribution in [1.82, 2.24) is 0 Å². The Morgan fingerprint density at radius 2 is 2.25 bits per heavy atom. The molecule has 2 nitrogen and oxygen atoms in total. The Balaban J connectivity index is 2.04. The fraction of sp³-hybridized carbons (Fsp3) is 0.500. The van der Waals surface area contributed by atoms with E-state index >= 15 is 0 Å². The molecule has 4 heteroatoms. The van der Waals surface area contributed by atoms with E-state index in [4.69, 9.17) is 4.74 Å². The molecule has 88 valence electrons. The van der Waals surface area contributed by atoms with E-state index in [1.165, 1.54) is 6.07 Å². The van der Waals surface area contributed by atoms with Crippen LogP contribution in [0.15, 0.2) is 18.2 Å². The van der Waals surface area contributed by atoms with Crippen LogP contribution < -0.4 is 5.32 Å². The number of benzene rings is 1. The summed E-state index contributed by atoms with van der Waals surface area (Å²) >= 11 is 0. The summed E-state index contributed by atoms with van der Waals surface area (Å²) in [5, 5.41) is 3.00. The number of rotatable bonds is 3. The van der Waals surface area contributed by atoms with Gasteiger partial charge in [-0.15, -0.1) is 0 Å². The summed E-state index contributed by atoms with van der Waals surface area (Å²) in [5.41, 5.74) is 0.222. The van der Waals surface area contributed by atoms with Gasteiger partial charge in [0.1, 0.15) is 11.6 Å². The minimum atomic E-state index is -0.432. The molecule has 0 spiro atoms. The molecular weight excluding hydrogens is 212 g/mol. The molecule has 1 fully saturated rings. The fourth-order valence-corrected chi connectivity index (χ4v) is 1.92. The summed E-state index contributed by atoms with van der Waals surface area (Å²) in [4.78, 5) is 0. The summed E-state index contributed by atoms with van der Waals surface area (Å²) in [5.74, 6) is -0.492. The molecule has 1 N–H and O–H groups in total. The zero-order chi connectivity index (χ0) is 11.5. The molecule has 0 radical (unpaired) electrons. The highest BCUT2D eigenvalue weighted by Gasteiger charge is 2.22. The lowest BCUT2D eigenvalue weighted by Crippen LogP contribution is -2.26. The summed E-state index contributed by atoms with van der Waals surface area (Å²) in [7, 11) is 0. The van der Waals surface area contributed by atoms with Crippen LogP contribution in [0.5, 0.6) is 0 Å². The van der Waals surface area contributed by atoms with Gasteiger partial charge in [0.15, 0.2) is 0 Å². The molecule has 0 bridgehead atoms. The lowest BCUT2D eigenvalue weighted by molar-refractivity contribution is 0.183. The number of nitrogens with one attached hydrogen (secondary N) is 1. The second-order valence-electron chi connectivity index (χ2n) is 4.18. The Kier molecular flexibility index (Phi) is 3.39. The van der Waals surface area contributed by atoms with Crippen molar-refractivity contribution in [1.29, 1.82) is 0 Å². The van der Waals surface area contributed by atoms with Gasteiger partial charge in [-0.1, -0.05) is 0 Å². The first-order chi connectivity index (χ1) is 7.66. The maximum Gasteiger partial charge on any atom is 0.146 e. The lowest BCUT2D eigenvalue weighted by atomic mass is 10.0. The third-order valence-corrected chi connectivity index (χ3v) is 2.98. The number of anilines is 1. The Labute approximate surface area is 93.6 Å². The molecule has 0 aromatic heterocycles. The Hall–Kier alpha value is -1.16. The van der Waals surface area contributed by atoms with Crippen molar-refractivity contribution in [3.8, 4) is 0 Å². The molecule has 1 aliphatic rings. The molecule has 0 amide bonds. The van der Waals surface area contributed by atoms with Crippen LogP contribution in [-0.2, 0) is 4.74 Å². The molecule has 1 aliphatic heterocycles. The average molecular weight is 227 g/mol. The van der Waals surface area contributed by atoms with Crippen LogP contribution >= 0.6 is 0 Å². The fourth-order valence-electron chi connectivity index (χ4n) is 1.92. The monoisotopic (exact) mass is 227 g/mol. The van der Waals surface area contributed by atoms with Crippen molar-refractivity contribution in [2.45, 2.75) is 19.4 Å². The lowest BCUT2D eigenvalue weighted by Gasteiger charge is -2.20. The van der Waals surface area contributed by atoms with Crippen molar-refractivity contribution >= 4 is 5.69 Å². The maximum absolute atomic E-state index is 13.4. The van der Waals surface area contributed by atoms with Gasteiger partial charge >= 0.3 is 0 Å². The van der Waals surface area contributed by atoms with E-state index in [2.05, 4.69) is 5.32 Å². The molecule has 0 saturated carbocycles. The van der Waals surface area contributed by atoms with Gasteiger partial charge in [-0.3, -0.25) is 0 Å². The molecule has 0 aliphatic carbocycles. The van der Waals surface area contributed by atoms with E-state index in [0.717, 1.165) is 25.2 Å². The number of ether oxygens (including phenoxy) is 1. The molecule has 1 saturated heterocycles. The number of hydrogen-bond acceptors (Lipinski definition) is 2. The van der Waals surface area contributed by atoms with E-state index in [9.17, 15) is 8.78 Å². The molecule has 2 unspecified atom stereocenters. The molecule has 2 rings (SSSR count). The van der Waals surface area contributed by atoms with Crippen LogP contribution in [-0.4, -0.2) is 19.3 Å². The van der Waals surface area contributed by atoms with Crippen LogP contribution in [0.2, 0.25) is 0 Å². The van der Waals surface area contributed by atoms with Crippen LogP contribution in [0.1, 0.15) is 13.3 Å². The van der Waals surface area contributed by atoms with Gasteiger partial charge in [-0.25, -0.2) is 8.78 Å². The van der Waals surface area contributed by atoms with Gasteiger partial charge in [0.05, 0.1) is 12.3 Å². The molecule has 16 heavy (non-hydrogen) atoms. The van der Waals surface area contributed by atoms with E-state index in [-0.39, 0.29) is 11.7 Å². The van der Waals surface area contributed by atoms with Crippen molar-refractivity contribution < 1.29 is 13.5 Å². The first-order valence-electron chi connectivity index (χ1n) is 5.46. The Morgan fingerprint density at radius 3 is 2.94 bits per heavy atom. The molecule has 1 aromatic carbocycles. The maximum atomic E-state index is 13.4. The van der Waals surface area contributed by atoms with Gasteiger partial charge in [-0.2, -0.15) is 0 Å². The third-order valence-electron chi connectivity index (χ3n) is 2.98. The van der Waals surface area contributed by atoms with E-state index in [1.54, 1.807) is 0 Å². The van der Waals surface area contributed by atoms with Gasteiger partial charge in [-0.05, 0) is 31.5 Å². The molecule has 2 atom stereocenters. The minimum Gasteiger partial charge on any atom is -0.381 e. The average Bonchev–Trinajstić information content (AvgIpc) is 2.76. The first-order valence-corrected chi connectivity index (χ1v) is 5.46. The first kappa shape index (κ1) is 11.3. The zero-order valence-electron chi connectivity index (χ0n) is 9.17. The van der Waals surface area contributed by atoms with Gasteiger partial charge in [0, 0.05) is 18.6 Å². The SMILES string of the molecule is CC(Nc1cc(F)ccc1F)C1CCOC1. The summed E-state index contributed by atoms with van der Waals surface area (Å²) in [6.07, 6.45) is 0.963. The van der Waals surface area contributed by atoms with Crippen LogP contribution in [0.25, 0.3) is 0 Å². The van der Waals surface area contributed by atoms with Gasteiger partial charge in [0.2, 0.25) is 0 Å². The highest BCUT2D eigenvalue weighted by molar-refractivity contribution is 5.45. The highest BCUT2D eigenvalue weighted by Crippen LogP contribution is 2.22. The Morgan fingerprint density at radius 1 is 1.44 bits per heavy atom. The van der Waals surface area contributed by atoms with Crippen LogP contribution in [0, 0.1) is 17.6 Å². The van der Waals surface area contributed by atoms with E-state index < -0.39 is 11.6 Å². The van der Waals surface area contributed by atoms with E-state index in [0.29, 0.717) is 12.5 Å². The highest BCUT2D eigenvalue weighted by atomic mass is 19.1. The van der Waals surface area contributed by atoms with Crippen LogP contribution in [0.3, 0.4) is 0 Å². The smallest absolute Gasteiger partial charge is 0.146 e. The normalized spacial score (nSPS) is 22.1. The third kappa shape index (κ3) is 2.50. The van der Waals surface area contributed by atoms with Gasteiger partial charge in [0.25, 0.3) is 0 Å². The number of halogens is 2. The predicted octanol–water partition coefficient (Wildman–Crippen LogP) is 2.80.